The van der Waals surface area contributed by atoms with Crippen LogP contribution >= 0.6 is 0 Å². The van der Waals surface area contributed by atoms with Gasteiger partial charge in [0.2, 0.25) is 0 Å². The summed E-state index contributed by atoms with van der Waals surface area (Å²) >= 11 is 0. The van der Waals surface area contributed by atoms with Crippen molar-refractivity contribution < 1.29 is 28.2 Å². The number of likely N-dealkylation sites (tertiary alicyclic amines) is 1. The van der Waals surface area contributed by atoms with Gasteiger partial charge in [-0.05, 0) is 36.6 Å². The van der Waals surface area contributed by atoms with Crippen molar-refractivity contribution in [1.82, 2.24) is 4.90 Å². The summed E-state index contributed by atoms with van der Waals surface area (Å²) in [4.78, 5) is 14.5. The van der Waals surface area contributed by atoms with E-state index >= 15 is 0 Å². The molecule has 2 aliphatic rings. The topological polar surface area (TPSA) is 143 Å². The Kier molecular flexibility index (Phi) is 5.48. The number of fused-ring (bicyclic) bond motifs is 1. The van der Waals surface area contributed by atoms with Crippen LogP contribution < -0.4 is 10.5 Å². The Bertz CT molecular complexity index is 1140. The molecule has 1 fully saturated rings. The van der Waals surface area contributed by atoms with E-state index in [9.17, 15) is 23.4 Å². The van der Waals surface area contributed by atoms with Crippen molar-refractivity contribution in [2.75, 3.05) is 19.7 Å². The maximum Gasteiger partial charge on any atom is 0.259 e. The first kappa shape index (κ1) is 21.0. The molecule has 9 nitrogen and oxygen atoms in total. The zero-order chi connectivity index (χ0) is 22.2. The van der Waals surface area contributed by atoms with Crippen molar-refractivity contribution in [2.24, 2.45) is 16.0 Å². The van der Waals surface area contributed by atoms with Crippen molar-refractivity contribution in [3.63, 3.8) is 0 Å². The van der Waals surface area contributed by atoms with E-state index in [0.29, 0.717) is 36.6 Å². The highest BCUT2D eigenvalue weighted by Crippen LogP contribution is 2.29. The number of amidine groups is 1. The third-order valence-electron chi connectivity index (χ3n) is 5.37. The number of rotatable bonds is 4. The number of nitrogens with zero attached hydrogens (tertiary/aromatic N) is 2. The van der Waals surface area contributed by atoms with E-state index in [0.717, 1.165) is 12.8 Å². The molecular weight excluding hydrogens is 422 g/mol. The summed E-state index contributed by atoms with van der Waals surface area (Å²) in [6.07, 6.45) is 1.65. The second kappa shape index (κ2) is 8.10. The van der Waals surface area contributed by atoms with E-state index in [1.165, 1.54) is 18.2 Å². The second-order valence-electron chi connectivity index (χ2n) is 7.80. The SMILES string of the molecule is NC1=NS(=O)(=O)Cc2cccc(OC[C@H]3CCCN(C(=O)c4cc(O)cc(O)c4)C3)c21. The lowest BCUT2D eigenvalue weighted by atomic mass is 9.98. The molecule has 2 aromatic rings. The van der Waals surface area contributed by atoms with Crippen molar-refractivity contribution >= 4 is 21.8 Å². The summed E-state index contributed by atoms with van der Waals surface area (Å²) in [5.41, 5.74) is 7.15. The summed E-state index contributed by atoms with van der Waals surface area (Å²) in [5, 5.41) is 19.3. The van der Waals surface area contributed by atoms with E-state index in [-0.39, 0.29) is 40.5 Å². The van der Waals surface area contributed by atoms with Crippen molar-refractivity contribution in [1.29, 1.82) is 0 Å². The first-order chi connectivity index (χ1) is 14.7. The predicted octanol–water partition coefficient (Wildman–Crippen LogP) is 1.58. The third-order valence-corrected chi connectivity index (χ3v) is 6.52. The Balaban J connectivity index is 1.45. The summed E-state index contributed by atoms with van der Waals surface area (Å²) < 4.78 is 33.2. The molecule has 0 aromatic heterocycles. The van der Waals surface area contributed by atoms with Gasteiger partial charge in [-0.3, -0.25) is 4.79 Å². The van der Waals surface area contributed by atoms with E-state index in [1.807, 2.05) is 0 Å². The molecular formula is C21H23N3O6S. The average molecular weight is 445 g/mol. The van der Waals surface area contributed by atoms with Crippen LogP contribution in [0.2, 0.25) is 0 Å². The Labute approximate surface area is 179 Å². The molecule has 0 aliphatic carbocycles. The molecule has 2 aromatic carbocycles. The molecule has 1 atom stereocenters. The fraction of sp³-hybridized carbons (Fsp3) is 0.333. The number of phenols is 2. The van der Waals surface area contributed by atoms with Crippen LogP contribution in [0.1, 0.15) is 34.3 Å². The minimum Gasteiger partial charge on any atom is -0.508 e. The van der Waals surface area contributed by atoms with E-state index < -0.39 is 10.0 Å². The lowest BCUT2D eigenvalue weighted by Crippen LogP contribution is -2.41. The molecule has 0 unspecified atom stereocenters. The number of phenolic OH excluding ortho intramolecular Hbond substituents is 2. The van der Waals surface area contributed by atoms with Gasteiger partial charge < -0.3 is 25.6 Å². The number of nitrogens with two attached hydrogens (primary N) is 1. The minimum absolute atomic E-state index is 0.0601. The quantitative estimate of drug-likeness (QED) is 0.648. The first-order valence-electron chi connectivity index (χ1n) is 9.87. The van der Waals surface area contributed by atoms with Gasteiger partial charge >= 0.3 is 0 Å². The highest BCUT2D eigenvalue weighted by atomic mass is 32.2. The number of aromatic hydroxyl groups is 2. The van der Waals surface area contributed by atoms with Crippen LogP contribution in [0.4, 0.5) is 0 Å². The summed E-state index contributed by atoms with van der Waals surface area (Å²) in [6, 6.07) is 8.95. The number of piperidine rings is 1. The maximum absolute atomic E-state index is 12.8. The molecule has 4 N–H and O–H groups in total. The number of sulfonamides is 1. The monoisotopic (exact) mass is 445 g/mol. The number of hydrogen-bond donors (Lipinski definition) is 3. The van der Waals surface area contributed by atoms with Crippen LogP contribution in [0.15, 0.2) is 40.8 Å². The van der Waals surface area contributed by atoms with Crippen LogP contribution in [0, 0.1) is 5.92 Å². The first-order valence-corrected chi connectivity index (χ1v) is 11.5. The van der Waals surface area contributed by atoms with Crippen molar-refractivity contribution in [2.45, 2.75) is 18.6 Å². The Morgan fingerprint density at radius 2 is 1.97 bits per heavy atom. The van der Waals surface area contributed by atoms with Crippen molar-refractivity contribution in [3.8, 4) is 17.2 Å². The number of carbonyl (C=O) groups excluding carboxylic acids is 1. The molecule has 1 amide bonds. The Morgan fingerprint density at radius 1 is 1.23 bits per heavy atom. The molecule has 0 radical (unpaired) electrons. The van der Waals surface area contributed by atoms with Crippen LogP contribution in [-0.4, -0.2) is 55.0 Å². The lowest BCUT2D eigenvalue weighted by Gasteiger charge is -2.33. The molecule has 10 heteroatoms. The fourth-order valence-corrected chi connectivity index (χ4v) is 5.12. The van der Waals surface area contributed by atoms with E-state index in [4.69, 9.17) is 10.5 Å². The minimum atomic E-state index is -3.62. The van der Waals surface area contributed by atoms with Crippen molar-refractivity contribution in [3.05, 3.63) is 53.1 Å². The lowest BCUT2D eigenvalue weighted by molar-refractivity contribution is 0.0632. The van der Waals surface area contributed by atoms with Gasteiger partial charge in [-0.2, -0.15) is 0 Å². The molecule has 0 bridgehead atoms. The van der Waals surface area contributed by atoms with E-state index in [2.05, 4.69) is 4.40 Å². The van der Waals surface area contributed by atoms with Gasteiger partial charge in [0.15, 0.2) is 0 Å². The van der Waals surface area contributed by atoms with Crippen LogP contribution in [0.5, 0.6) is 17.2 Å². The van der Waals surface area contributed by atoms with Gasteiger partial charge in [0.05, 0.1) is 17.9 Å². The average Bonchev–Trinajstić information content (AvgIpc) is 2.70. The number of carbonyl (C=O) groups is 1. The third kappa shape index (κ3) is 4.58. The zero-order valence-electron chi connectivity index (χ0n) is 16.7. The number of hydrogen-bond acceptors (Lipinski definition) is 7. The summed E-state index contributed by atoms with van der Waals surface area (Å²) in [6.45, 7) is 1.36. The van der Waals surface area contributed by atoms with Crippen LogP contribution in [0.3, 0.4) is 0 Å². The molecule has 1 saturated heterocycles. The highest BCUT2D eigenvalue weighted by Gasteiger charge is 2.28. The number of benzene rings is 2. The predicted molar refractivity (Wildman–Crippen MR) is 114 cm³/mol. The molecule has 2 heterocycles. The zero-order valence-corrected chi connectivity index (χ0v) is 17.5. The molecule has 164 valence electrons. The number of amides is 1. The van der Waals surface area contributed by atoms with Gasteiger partial charge in [-0.25, -0.2) is 8.42 Å². The fourth-order valence-electron chi connectivity index (χ4n) is 4.03. The smallest absolute Gasteiger partial charge is 0.259 e. The van der Waals surface area contributed by atoms with Gasteiger partial charge in [0, 0.05) is 30.6 Å². The Morgan fingerprint density at radius 3 is 2.71 bits per heavy atom. The van der Waals surface area contributed by atoms with Gasteiger partial charge in [0.1, 0.15) is 23.1 Å². The maximum atomic E-state index is 12.8. The van der Waals surface area contributed by atoms with Gasteiger partial charge in [0.25, 0.3) is 15.9 Å². The molecule has 4 rings (SSSR count). The highest BCUT2D eigenvalue weighted by molar-refractivity contribution is 7.89. The molecule has 0 spiro atoms. The normalized spacial score (nSPS) is 19.9. The van der Waals surface area contributed by atoms with Gasteiger partial charge in [-0.1, -0.05) is 12.1 Å². The van der Waals surface area contributed by atoms with Crippen LogP contribution in [-0.2, 0) is 15.8 Å². The summed E-state index contributed by atoms with van der Waals surface area (Å²) in [7, 11) is -3.62. The molecule has 2 aliphatic heterocycles. The molecule has 0 saturated carbocycles. The Hall–Kier alpha value is -3.27. The summed E-state index contributed by atoms with van der Waals surface area (Å²) in [5.74, 6) is -0.385. The second-order valence-corrected chi connectivity index (χ2v) is 9.44. The van der Waals surface area contributed by atoms with Crippen LogP contribution in [0.25, 0.3) is 0 Å². The van der Waals surface area contributed by atoms with E-state index in [1.54, 1.807) is 23.1 Å². The molecule has 31 heavy (non-hydrogen) atoms. The van der Waals surface area contributed by atoms with Gasteiger partial charge in [-0.15, -0.1) is 4.40 Å². The largest absolute Gasteiger partial charge is 0.508 e. The standard InChI is InChI=1S/C21H23N3O6S/c22-20-19-14(12-31(28,29)23-20)4-1-5-18(19)30-11-13-3-2-6-24(10-13)21(27)15-7-16(25)9-17(26)8-15/h1,4-5,7-9,13,25-26H,2-3,6,10-12H2,(H2,22,23)/t13-/m0/s1. The number of ether oxygens (including phenoxy) is 1.